The molecule has 5 heteroatoms. The van der Waals surface area contributed by atoms with Crippen LogP contribution < -0.4 is 11.3 Å². The number of nitrogens with zero attached hydrogens (tertiary/aromatic N) is 1. The first-order chi connectivity index (χ1) is 3.72. The Morgan fingerprint density at radius 1 is 2.00 bits per heavy atom. The predicted octanol–water partition coefficient (Wildman–Crippen LogP) is -1.57. The molecule has 0 aliphatic carbocycles. The zero-order chi connectivity index (χ0) is 6.57. The van der Waals surface area contributed by atoms with Gasteiger partial charge in [-0.2, -0.15) is 5.26 Å². The topological polar surface area (TPSA) is 99.1 Å². The molecule has 8 heavy (non-hydrogen) atoms. The number of rotatable bonds is 2. The zero-order valence-electron chi connectivity index (χ0n) is 3.96. The monoisotopic (exact) mass is 115 g/mol. The number of nitriles is 1. The van der Waals surface area contributed by atoms with E-state index < -0.39 is 12.0 Å². The number of carbonyl (C=O) groups is 1. The van der Waals surface area contributed by atoms with E-state index in [0.29, 0.717) is 0 Å². The van der Waals surface area contributed by atoms with Crippen molar-refractivity contribution in [1.29, 1.82) is 5.26 Å². The average Bonchev–Trinajstić information content (AvgIpc) is 1.69. The van der Waals surface area contributed by atoms with Crippen molar-refractivity contribution in [2.75, 3.05) is 0 Å². The Bertz CT molecular complexity index is 127. The highest BCUT2D eigenvalue weighted by Crippen LogP contribution is 1.73. The van der Waals surface area contributed by atoms with Crippen LogP contribution >= 0.6 is 0 Å². The van der Waals surface area contributed by atoms with Gasteiger partial charge in [0.25, 0.3) is 0 Å². The minimum absolute atomic E-state index is 1.27. The average molecular weight is 115 g/mol. The van der Waals surface area contributed by atoms with E-state index in [4.69, 9.17) is 10.4 Å². The molecule has 0 radical (unpaired) electrons. The molecule has 44 valence electrons. The van der Waals surface area contributed by atoms with Gasteiger partial charge in [0.15, 0.2) is 0 Å². The number of hydrazine groups is 1. The van der Waals surface area contributed by atoms with Gasteiger partial charge < -0.3 is 5.11 Å². The summed E-state index contributed by atoms with van der Waals surface area (Å²) in [6, 6.07) is 0.119. The number of carboxylic acids is 1. The third-order valence-corrected chi connectivity index (χ3v) is 0.543. The van der Waals surface area contributed by atoms with Gasteiger partial charge >= 0.3 is 5.97 Å². The zero-order valence-corrected chi connectivity index (χ0v) is 3.96. The molecule has 0 aliphatic heterocycles. The molecule has 0 saturated heterocycles. The summed E-state index contributed by atoms with van der Waals surface area (Å²) >= 11 is 0. The molecule has 0 heterocycles. The summed E-state index contributed by atoms with van der Waals surface area (Å²) in [6.07, 6.45) is 0. The number of nitrogens with one attached hydrogen (secondary N) is 1. The van der Waals surface area contributed by atoms with E-state index in [0.717, 1.165) is 0 Å². The van der Waals surface area contributed by atoms with Crippen LogP contribution in [0.2, 0.25) is 0 Å². The van der Waals surface area contributed by atoms with Crippen LogP contribution in [0.5, 0.6) is 0 Å². The van der Waals surface area contributed by atoms with Crippen molar-refractivity contribution in [2.45, 2.75) is 6.04 Å². The molecule has 0 aliphatic rings. The van der Waals surface area contributed by atoms with E-state index >= 15 is 0 Å². The highest BCUT2D eigenvalue weighted by atomic mass is 16.4. The van der Waals surface area contributed by atoms with E-state index in [1.807, 2.05) is 0 Å². The van der Waals surface area contributed by atoms with Crippen molar-refractivity contribution in [3.8, 4) is 6.07 Å². The first kappa shape index (κ1) is 6.88. The first-order valence-corrected chi connectivity index (χ1v) is 1.81. The van der Waals surface area contributed by atoms with Crippen molar-refractivity contribution in [2.24, 2.45) is 5.84 Å². The lowest BCUT2D eigenvalue weighted by molar-refractivity contribution is -0.137. The van der Waals surface area contributed by atoms with Crippen molar-refractivity contribution < 1.29 is 9.90 Å². The minimum Gasteiger partial charge on any atom is -0.479 e. The molecule has 0 spiro atoms. The van der Waals surface area contributed by atoms with Crippen LogP contribution in [0.1, 0.15) is 0 Å². The van der Waals surface area contributed by atoms with Crippen LogP contribution in [0.3, 0.4) is 0 Å². The summed E-state index contributed by atoms with van der Waals surface area (Å²) in [5.41, 5.74) is 1.79. The number of carboxylic acid groups (broad SMARTS) is 1. The Hall–Kier alpha value is -1.12. The maximum absolute atomic E-state index is 9.80. The van der Waals surface area contributed by atoms with Gasteiger partial charge in [0, 0.05) is 0 Å². The molecule has 0 aromatic carbocycles. The lowest BCUT2D eigenvalue weighted by Crippen LogP contribution is -2.39. The van der Waals surface area contributed by atoms with Crippen LogP contribution in [-0.4, -0.2) is 17.1 Å². The number of nitrogens with two attached hydrogens (primary N) is 1. The molecule has 0 rings (SSSR count). The second kappa shape index (κ2) is 2.96. The molecule has 1 atom stereocenters. The summed E-state index contributed by atoms with van der Waals surface area (Å²) in [6.45, 7) is 0. The van der Waals surface area contributed by atoms with Crippen molar-refractivity contribution >= 4 is 5.97 Å². The molecule has 0 amide bonds. The lowest BCUT2D eigenvalue weighted by Gasteiger charge is -1.96. The standard InChI is InChI=1S/C3H5N3O2/c4-1-2(6-5)3(7)8/h2,6H,5H2,(H,7,8). The normalized spacial score (nSPS) is 12.0. The Labute approximate surface area is 45.7 Å². The van der Waals surface area contributed by atoms with E-state index in [9.17, 15) is 4.79 Å². The maximum atomic E-state index is 9.80. The minimum atomic E-state index is -1.30. The SMILES string of the molecule is N#CC(NN)C(=O)O. The van der Waals surface area contributed by atoms with Crippen LogP contribution in [0.25, 0.3) is 0 Å². The third-order valence-electron chi connectivity index (χ3n) is 0.543. The third kappa shape index (κ3) is 1.55. The molecule has 0 aromatic heterocycles. The van der Waals surface area contributed by atoms with Crippen molar-refractivity contribution in [3.05, 3.63) is 0 Å². The molecule has 1 unspecified atom stereocenters. The van der Waals surface area contributed by atoms with Crippen LogP contribution in [0.15, 0.2) is 0 Å². The summed E-state index contributed by atoms with van der Waals surface area (Å²) in [5, 5.41) is 15.9. The Morgan fingerprint density at radius 2 is 2.50 bits per heavy atom. The molecule has 0 saturated carbocycles. The second-order valence-corrected chi connectivity index (χ2v) is 1.07. The predicted molar refractivity (Wildman–Crippen MR) is 24.4 cm³/mol. The van der Waals surface area contributed by atoms with Gasteiger partial charge in [0.1, 0.15) is 0 Å². The first-order valence-electron chi connectivity index (χ1n) is 1.81. The van der Waals surface area contributed by atoms with Crippen LogP contribution in [-0.2, 0) is 4.79 Å². The molecular weight excluding hydrogens is 110 g/mol. The van der Waals surface area contributed by atoms with Gasteiger partial charge in [-0.3, -0.25) is 5.84 Å². The van der Waals surface area contributed by atoms with E-state index in [1.54, 1.807) is 5.43 Å². The van der Waals surface area contributed by atoms with Gasteiger partial charge in [-0.1, -0.05) is 0 Å². The highest BCUT2D eigenvalue weighted by molar-refractivity contribution is 5.76. The highest BCUT2D eigenvalue weighted by Gasteiger charge is 2.11. The maximum Gasteiger partial charge on any atom is 0.336 e. The molecule has 0 fully saturated rings. The number of hydrogen-bond acceptors (Lipinski definition) is 4. The Balaban J connectivity index is 3.76. The molecular formula is C3H5N3O2. The number of aliphatic carboxylic acids is 1. The lowest BCUT2D eigenvalue weighted by atomic mass is 10.4. The summed E-state index contributed by atoms with van der Waals surface area (Å²) in [4.78, 5) is 9.80. The van der Waals surface area contributed by atoms with Gasteiger partial charge in [-0.05, 0) is 0 Å². The largest absolute Gasteiger partial charge is 0.479 e. The fourth-order valence-corrected chi connectivity index (χ4v) is 0.164. The fraction of sp³-hybridized carbons (Fsp3) is 0.333. The van der Waals surface area contributed by atoms with E-state index in [1.165, 1.54) is 6.07 Å². The van der Waals surface area contributed by atoms with Crippen molar-refractivity contribution in [1.82, 2.24) is 5.43 Å². The van der Waals surface area contributed by atoms with Crippen molar-refractivity contribution in [3.63, 3.8) is 0 Å². The van der Waals surface area contributed by atoms with Crippen LogP contribution in [0.4, 0.5) is 0 Å². The molecule has 5 nitrogen and oxygen atoms in total. The van der Waals surface area contributed by atoms with Gasteiger partial charge in [0.05, 0.1) is 6.07 Å². The smallest absolute Gasteiger partial charge is 0.336 e. The Morgan fingerprint density at radius 3 is 2.50 bits per heavy atom. The quantitative estimate of drug-likeness (QED) is 0.298. The van der Waals surface area contributed by atoms with E-state index in [2.05, 4.69) is 5.84 Å². The molecule has 0 bridgehead atoms. The van der Waals surface area contributed by atoms with Gasteiger partial charge in [0.2, 0.25) is 6.04 Å². The fourth-order valence-electron chi connectivity index (χ4n) is 0.164. The summed E-state index contributed by atoms with van der Waals surface area (Å²) < 4.78 is 0. The summed E-state index contributed by atoms with van der Waals surface area (Å²) in [7, 11) is 0. The molecule has 4 N–H and O–H groups in total. The summed E-state index contributed by atoms with van der Waals surface area (Å²) in [5.74, 6) is 3.36. The Kier molecular flexibility index (Phi) is 2.54. The van der Waals surface area contributed by atoms with Gasteiger partial charge in [-0.25, -0.2) is 10.2 Å². The van der Waals surface area contributed by atoms with Gasteiger partial charge in [-0.15, -0.1) is 0 Å². The molecule has 0 aromatic rings. The van der Waals surface area contributed by atoms with Crippen LogP contribution in [0, 0.1) is 11.3 Å². The second-order valence-electron chi connectivity index (χ2n) is 1.07. The number of hydrogen-bond donors (Lipinski definition) is 3. The van der Waals surface area contributed by atoms with E-state index in [-0.39, 0.29) is 0 Å².